The van der Waals surface area contributed by atoms with Crippen molar-refractivity contribution in [2.24, 2.45) is 11.7 Å². The molecule has 5 nitrogen and oxygen atoms in total. The number of ether oxygens (including phenoxy) is 2. The lowest BCUT2D eigenvalue weighted by Crippen LogP contribution is -2.35. The van der Waals surface area contributed by atoms with Crippen LogP contribution < -0.4 is 15.2 Å². The molecule has 1 aromatic rings. The summed E-state index contributed by atoms with van der Waals surface area (Å²) < 4.78 is 11.3. The van der Waals surface area contributed by atoms with Crippen molar-refractivity contribution >= 4 is 0 Å². The molecule has 1 aromatic carbocycles. The normalized spacial score (nSPS) is 18.2. The average Bonchev–Trinajstić information content (AvgIpc) is 2.56. The molecule has 124 valence electrons. The predicted octanol–water partition coefficient (Wildman–Crippen LogP) is 1.80. The number of methoxy groups -OCH3 is 1. The van der Waals surface area contributed by atoms with Gasteiger partial charge in [0.15, 0.2) is 11.5 Å². The average molecular weight is 308 g/mol. The van der Waals surface area contributed by atoms with Crippen LogP contribution in [0.3, 0.4) is 0 Å². The molecule has 1 atom stereocenters. The van der Waals surface area contributed by atoms with Crippen molar-refractivity contribution in [1.29, 1.82) is 0 Å². The predicted molar refractivity (Wildman–Crippen MR) is 87.3 cm³/mol. The number of nitrogens with two attached hydrogens (primary N) is 1. The van der Waals surface area contributed by atoms with Crippen molar-refractivity contribution in [2.75, 3.05) is 40.0 Å². The molecule has 1 fully saturated rings. The Morgan fingerprint density at radius 3 is 2.73 bits per heavy atom. The molecule has 3 N–H and O–H groups in total. The maximum atomic E-state index is 9.30. The van der Waals surface area contributed by atoms with Gasteiger partial charge in [0.2, 0.25) is 0 Å². The monoisotopic (exact) mass is 308 g/mol. The van der Waals surface area contributed by atoms with E-state index in [4.69, 9.17) is 15.2 Å². The van der Waals surface area contributed by atoms with Crippen LogP contribution in [0.5, 0.6) is 11.5 Å². The van der Waals surface area contributed by atoms with Gasteiger partial charge < -0.3 is 20.3 Å². The van der Waals surface area contributed by atoms with E-state index in [2.05, 4.69) is 11.8 Å². The summed E-state index contributed by atoms with van der Waals surface area (Å²) in [5.41, 5.74) is 6.74. The summed E-state index contributed by atoms with van der Waals surface area (Å²) in [7, 11) is 1.61. The number of para-hydroxylation sites is 1. The lowest BCUT2D eigenvalue weighted by atomic mass is 9.99. The molecule has 1 saturated heterocycles. The van der Waals surface area contributed by atoms with E-state index >= 15 is 0 Å². The van der Waals surface area contributed by atoms with E-state index in [0.717, 1.165) is 31.1 Å². The van der Waals surface area contributed by atoms with Crippen LogP contribution in [-0.4, -0.2) is 50.0 Å². The van der Waals surface area contributed by atoms with Crippen molar-refractivity contribution in [3.63, 3.8) is 0 Å². The van der Waals surface area contributed by atoms with E-state index in [0.29, 0.717) is 18.1 Å². The fourth-order valence-electron chi connectivity index (χ4n) is 2.80. The van der Waals surface area contributed by atoms with Crippen molar-refractivity contribution in [3.8, 4) is 11.5 Å². The molecule has 0 unspecified atom stereocenters. The summed E-state index contributed by atoms with van der Waals surface area (Å²) >= 11 is 0. The summed E-state index contributed by atoms with van der Waals surface area (Å²) in [5.74, 6) is 2.14. The molecule has 2 rings (SSSR count). The number of aliphatic hydroxyl groups excluding tert-OH is 1. The fourth-order valence-corrected chi connectivity index (χ4v) is 2.80. The Balaban J connectivity index is 1.96. The number of piperidine rings is 1. The van der Waals surface area contributed by atoms with E-state index in [1.165, 1.54) is 12.8 Å². The molecule has 1 aliphatic rings. The van der Waals surface area contributed by atoms with Gasteiger partial charge in [-0.15, -0.1) is 0 Å². The van der Waals surface area contributed by atoms with E-state index in [1.54, 1.807) is 7.11 Å². The minimum atomic E-state index is -0.457. The molecule has 0 amide bonds. The summed E-state index contributed by atoms with van der Waals surface area (Å²) in [6.07, 6.45) is 2.52. The first kappa shape index (κ1) is 17.1. The molecule has 0 aromatic heterocycles. The minimum Gasteiger partial charge on any atom is -0.493 e. The third-order valence-corrected chi connectivity index (χ3v) is 4.36. The summed E-state index contributed by atoms with van der Waals surface area (Å²) in [4.78, 5) is 2.43. The second kappa shape index (κ2) is 8.36. The van der Waals surface area contributed by atoms with Crippen molar-refractivity contribution in [3.05, 3.63) is 23.8 Å². The first-order valence-electron chi connectivity index (χ1n) is 8.04. The van der Waals surface area contributed by atoms with Crippen LogP contribution in [0, 0.1) is 5.92 Å². The van der Waals surface area contributed by atoms with Crippen molar-refractivity contribution in [2.45, 2.75) is 25.8 Å². The van der Waals surface area contributed by atoms with Gasteiger partial charge in [-0.25, -0.2) is 0 Å². The molecular weight excluding hydrogens is 280 g/mol. The maximum Gasteiger partial charge on any atom is 0.166 e. The Morgan fingerprint density at radius 1 is 1.36 bits per heavy atom. The maximum absolute atomic E-state index is 9.30. The van der Waals surface area contributed by atoms with Gasteiger partial charge in [0.1, 0.15) is 6.61 Å². The number of rotatable bonds is 7. The zero-order chi connectivity index (χ0) is 15.9. The van der Waals surface area contributed by atoms with Crippen LogP contribution in [0.15, 0.2) is 18.2 Å². The second-order valence-electron chi connectivity index (χ2n) is 6.04. The summed E-state index contributed by atoms with van der Waals surface area (Å²) in [6, 6.07) is 5.14. The first-order valence-corrected chi connectivity index (χ1v) is 8.04. The lowest BCUT2D eigenvalue weighted by Gasteiger charge is -2.30. The van der Waals surface area contributed by atoms with Gasteiger partial charge in [0, 0.05) is 12.1 Å². The fraction of sp³-hybridized carbons (Fsp3) is 0.647. The Labute approximate surface area is 133 Å². The molecule has 0 aliphatic carbocycles. The number of likely N-dealkylation sites (tertiary alicyclic amines) is 1. The second-order valence-corrected chi connectivity index (χ2v) is 6.04. The van der Waals surface area contributed by atoms with Gasteiger partial charge in [0.25, 0.3) is 0 Å². The van der Waals surface area contributed by atoms with Gasteiger partial charge in [-0.1, -0.05) is 19.1 Å². The summed E-state index contributed by atoms with van der Waals surface area (Å²) in [6.45, 7) is 5.97. The molecule has 1 aliphatic heterocycles. The molecule has 0 saturated carbocycles. The van der Waals surface area contributed by atoms with E-state index in [9.17, 15) is 5.11 Å². The number of benzene rings is 1. The van der Waals surface area contributed by atoms with Gasteiger partial charge in [-0.05, 0) is 37.9 Å². The third kappa shape index (κ3) is 4.35. The number of hydrogen-bond acceptors (Lipinski definition) is 5. The van der Waals surface area contributed by atoms with Crippen molar-refractivity contribution < 1.29 is 14.6 Å². The van der Waals surface area contributed by atoms with E-state index in [-0.39, 0.29) is 6.61 Å². The largest absolute Gasteiger partial charge is 0.493 e. The number of hydrogen-bond donors (Lipinski definition) is 2. The van der Waals surface area contributed by atoms with Gasteiger partial charge in [0.05, 0.1) is 19.8 Å². The highest BCUT2D eigenvalue weighted by Gasteiger charge is 2.18. The van der Waals surface area contributed by atoms with Crippen LogP contribution in [0.4, 0.5) is 0 Å². The van der Waals surface area contributed by atoms with Crippen LogP contribution in [0.1, 0.15) is 31.4 Å². The highest BCUT2D eigenvalue weighted by Crippen LogP contribution is 2.34. The molecule has 1 heterocycles. The number of aliphatic hydroxyl groups is 1. The lowest BCUT2D eigenvalue weighted by molar-refractivity contribution is 0.157. The number of nitrogens with zero attached hydrogens (tertiary/aromatic N) is 1. The highest BCUT2D eigenvalue weighted by atomic mass is 16.5. The molecule has 0 bridgehead atoms. The van der Waals surface area contributed by atoms with Gasteiger partial charge in [-0.3, -0.25) is 4.90 Å². The first-order chi connectivity index (χ1) is 10.7. The highest BCUT2D eigenvalue weighted by molar-refractivity contribution is 5.48. The SMILES string of the molecule is COc1cccc([C@@H](N)CO)c1OCCN1CCC(C)CC1. The van der Waals surface area contributed by atoms with E-state index in [1.807, 2.05) is 18.2 Å². The standard InChI is InChI=1S/C17H28N2O3/c1-13-6-8-19(9-7-13)10-11-22-17-14(15(18)12-20)4-3-5-16(17)21-2/h3-5,13,15,20H,6-12,18H2,1-2H3/t15-/m0/s1. The molecule has 0 spiro atoms. The summed E-state index contributed by atoms with van der Waals surface area (Å²) in [5, 5.41) is 9.30. The van der Waals surface area contributed by atoms with Crippen molar-refractivity contribution in [1.82, 2.24) is 4.90 Å². The molecule has 5 heteroatoms. The minimum absolute atomic E-state index is 0.118. The van der Waals surface area contributed by atoms with E-state index < -0.39 is 6.04 Å². The molecular formula is C17H28N2O3. The van der Waals surface area contributed by atoms with Crippen LogP contribution in [0.2, 0.25) is 0 Å². The van der Waals surface area contributed by atoms with Gasteiger partial charge >= 0.3 is 0 Å². The Morgan fingerprint density at radius 2 is 2.09 bits per heavy atom. The molecule has 0 radical (unpaired) electrons. The third-order valence-electron chi connectivity index (χ3n) is 4.36. The Bertz CT molecular complexity index is 459. The quantitative estimate of drug-likeness (QED) is 0.804. The van der Waals surface area contributed by atoms with Crippen LogP contribution in [-0.2, 0) is 0 Å². The topological polar surface area (TPSA) is 68.0 Å². The Kier molecular flexibility index (Phi) is 6.49. The van der Waals surface area contributed by atoms with Crippen LogP contribution in [0.25, 0.3) is 0 Å². The zero-order valence-corrected chi connectivity index (χ0v) is 13.6. The smallest absolute Gasteiger partial charge is 0.166 e. The van der Waals surface area contributed by atoms with Crippen LogP contribution >= 0.6 is 0 Å². The zero-order valence-electron chi connectivity index (χ0n) is 13.6. The molecule has 22 heavy (non-hydrogen) atoms. The van der Waals surface area contributed by atoms with Gasteiger partial charge in [-0.2, -0.15) is 0 Å². The Hall–Kier alpha value is -1.30.